The molecule has 5 aromatic heterocycles. The van der Waals surface area contributed by atoms with Crippen LogP contribution in [0.2, 0.25) is 0 Å². The Morgan fingerprint density at radius 1 is 0.970 bits per heavy atom. The van der Waals surface area contributed by atoms with Gasteiger partial charge < -0.3 is 5.32 Å². The predicted octanol–water partition coefficient (Wildman–Crippen LogP) is 2.51. The Labute approximate surface area is 189 Å². The van der Waals surface area contributed by atoms with Crippen LogP contribution in [0, 0.1) is 0 Å². The maximum Gasteiger partial charge on any atom is 0.239 e. The molecule has 0 aliphatic heterocycles. The van der Waals surface area contributed by atoms with Gasteiger partial charge in [-0.15, -0.1) is 5.10 Å². The van der Waals surface area contributed by atoms with E-state index in [1.807, 2.05) is 42.6 Å². The van der Waals surface area contributed by atoms with Crippen LogP contribution in [0.25, 0.3) is 28.0 Å². The SMILES string of the molecule is NS(=O)(=O)c1cncc(-c2nc(NCc3ccccn3)c3c(-c4cccnc4)ccn3n2)c1. The molecule has 3 N–H and O–H groups in total. The van der Waals surface area contributed by atoms with Gasteiger partial charge in [0.1, 0.15) is 10.4 Å². The summed E-state index contributed by atoms with van der Waals surface area (Å²) in [6.45, 7) is 0.431. The van der Waals surface area contributed by atoms with Crippen molar-refractivity contribution in [3.8, 4) is 22.5 Å². The van der Waals surface area contributed by atoms with Gasteiger partial charge in [-0.1, -0.05) is 12.1 Å². The number of sulfonamides is 1. The largest absolute Gasteiger partial charge is 0.363 e. The van der Waals surface area contributed by atoms with Crippen LogP contribution >= 0.6 is 0 Å². The van der Waals surface area contributed by atoms with Crippen LogP contribution in [0.4, 0.5) is 5.82 Å². The zero-order valence-corrected chi connectivity index (χ0v) is 18.0. The summed E-state index contributed by atoms with van der Waals surface area (Å²) in [6.07, 6.45) is 9.69. The second-order valence-electron chi connectivity index (χ2n) is 7.18. The molecule has 164 valence electrons. The van der Waals surface area contributed by atoms with Gasteiger partial charge in [0, 0.05) is 53.9 Å². The van der Waals surface area contributed by atoms with Gasteiger partial charge in [-0.05, 0) is 30.3 Å². The summed E-state index contributed by atoms with van der Waals surface area (Å²) < 4.78 is 25.3. The van der Waals surface area contributed by atoms with Gasteiger partial charge >= 0.3 is 0 Å². The third kappa shape index (κ3) is 4.27. The molecule has 0 aliphatic rings. The first-order chi connectivity index (χ1) is 16.0. The normalized spacial score (nSPS) is 11.5. The van der Waals surface area contributed by atoms with E-state index in [2.05, 4.69) is 25.4 Å². The molecule has 0 bridgehead atoms. The van der Waals surface area contributed by atoms with Crippen LogP contribution < -0.4 is 10.5 Å². The van der Waals surface area contributed by atoms with Crippen LogP contribution in [-0.2, 0) is 16.6 Å². The topological polar surface area (TPSA) is 141 Å². The maximum atomic E-state index is 11.8. The Morgan fingerprint density at radius 2 is 1.85 bits per heavy atom. The first-order valence-electron chi connectivity index (χ1n) is 9.91. The monoisotopic (exact) mass is 458 g/mol. The van der Waals surface area contributed by atoms with Crippen LogP contribution in [-0.4, -0.2) is 38.0 Å². The minimum Gasteiger partial charge on any atom is -0.363 e. The number of fused-ring (bicyclic) bond motifs is 1. The third-order valence-electron chi connectivity index (χ3n) is 4.95. The number of pyridine rings is 3. The van der Waals surface area contributed by atoms with Crippen molar-refractivity contribution in [1.29, 1.82) is 0 Å². The highest BCUT2D eigenvalue weighted by Crippen LogP contribution is 2.31. The molecular weight excluding hydrogens is 440 g/mol. The fourth-order valence-electron chi connectivity index (χ4n) is 3.40. The smallest absolute Gasteiger partial charge is 0.239 e. The van der Waals surface area contributed by atoms with Crippen molar-refractivity contribution in [2.24, 2.45) is 5.14 Å². The highest BCUT2D eigenvalue weighted by Gasteiger charge is 2.17. The molecule has 0 saturated heterocycles. The number of aromatic nitrogens is 6. The van der Waals surface area contributed by atoms with Gasteiger partial charge in [0.05, 0.1) is 12.2 Å². The van der Waals surface area contributed by atoms with E-state index in [1.54, 1.807) is 23.1 Å². The second-order valence-corrected chi connectivity index (χ2v) is 8.74. The van der Waals surface area contributed by atoms with Gasteiger partial charge in [0.2, 0.25) is 10.0 Å². The number of primary sulfonamides is 1. The van der Waals surface area contributed by atoms with E-state index in [9.17, 15) is 8.42 Å². The maximum absolute atomic E-state index is 11.8. The number of nitrogens with zero attached hydrogens (tertiary/aromatic N) is 6. The first-order valence-corrected chi connectivity index (χ1v) is 11.5. The molecule has 0 radical (unpaired) electrons. The lowest BCUT2D eigenvalue weighted by molar-refractivity contribution is 0.597. The first kappa shape index (κ1) is 20.7. The number of hydrogen-bond acceptors (Lipinski definition) is 8. The van der Waals surface area contributed by atoms with Crippen molar-refractivity contribution in [3.05, 3.63) is 85.3 Å². The molecule has 0 amide bonds. The second kappa shape index (κ2) is 8.37. The zero-order chi connectivity index (χ0) is 22.8. The van der Waals surface area contributed by atoms with Gasteiger partial charge in [0.25, 0.3) is 0 Å². The number of hydrogen-bond donors (Lipinski definition) is 2. The molecule has 11 heteroatoms. The van der Waals surface area contributed by atoms with Crippen molar-refractivity contribution in [2.45, 2.75) is 11.4 Å². The van der Waals surface area contributed by atoms with Crippen molar-refractivity contribution in [1.82, 2.24) is 29.5 Å². The van der Waals surface area contributed by atoms with E-state index in [4.69, 9.17) is 10.1 Å². The van der Waals surface area contributed by atoms with Crippen LogP contribution in [0.3, 0.4) is 0 Å². The number of nitrogens with two attached hydrogens (primary N) is 1. The molecule has 0 spiro atoms. The Kier molecular flexibility index (Phi) is 5.24. The molecule has 33 heavy (non-hydrogen) atoms. The van der Waals surface area contributed by atoms with Crippen molar-refractivity contribution in [3.63, 3.8) is 0 Å². The molecule has 0 saturated carbocycles. The molecule has 5 rings (SSSR count). The highest BCUT2D eigenvalue weighted by molar-refractivity contribution is 7.89. The van der Waals surface area contributed by atoms with E-state index in [-0.39, 0.29) is 10.7 Å². The average Bonchev–Trinajstić information content (AvgIpc) is 3.28. The summed E-state index contributed by atoms with van der Waals surface area (Å²) in [6, 6.07) is 12.8. The summed E-state index contributed by atoms with van der Waals surface area (Å²) in [5, 5.41) is 13.2. The Balaban J connectivity index is 1.65. The summed E-state index contributed by atoms with van der Waals surface area (Å²) in [4.78, 5) is 17.1. The van der Waals surface area contributed by atoms with Gasteiger partial charge in [0.15, 0.2) is 11.6 Å². The zero-order valence-electron chi connectivity index (χ0n) is 17.2. The predicted molar refractivity (Wildman–Crippen MR) is 122 cm³/mol. The van der Waals surface area contributed by atoms with Crippen molar-refractivity contribution in [2.75, 3.05) is 5.32 Å². The van der Waals surface area contributed by atoms with E-state index in [0.29, 0.717) is 17.9 Å². The van der Waals surface area contributed by atoms with E-state index < -0.39 is 10.0 Å². The fourth-order valence-corrected chi connectivity index (χ4v) is 3.90. The van der Waals surface area contributed by atoms with Gasteiger partial charge in [-0.3, -0.25) is 15.0 Å². The summed E-state index contributed by atoms with van der Waals surface area (Å²) >= 11 is 0. The molecule has 0 aliphatic carbocycles. The lowest BCUT2D eigenvalue weighted by Crippen LogP contribution is -2.13. The average molecular weight is 459 g/mol. The fraction of sp³-hybridized carbons (Fsp3) is 0.0455. The molecule has 5 aromatic rings. The molecule has 0 unspecified atom stereocenters. The molecule has 0 fully saturated rings. The van der Waals surface area contributed by atoms with E-state index in [0.717, 1.165) is 22.3 Å². The quantitative estimate of drug-likeness (QED) is 0.395. The van der Waals surface area contributed by atoms with Crippen LogP contribution in [0.1, 0.15) is 5.69 Å². The van der Waals surface area contributed by atoms with Crippen molar-refractivity contribution >= 4 is 21.4 Å². The van der Waals surface area contributed by atoms with E-state index in [1.165, 1.54) is 18.5 Å². The third-order valence-corrected chi connectivity index (χ3v) is 5.83. The molecule has 5 heterocycles. The van der Waals surface area contributed by atoms with E-state index >= 15 is 0 Å². The molecular formula is C22H18N8O2S. The molecule has 0 aromatic carbocycles. The van der Waals surface area contributed by atoms with Gasteiger partial charge in [-0.25, -0.2) is 23.1 Å². The number of anilines is 1. The summed E-state index contributed by atoms with van der Waals surface area (Å²) in [5.41, 5.74) is 3.81. The van der Waals surface area contributed by atoms with Gasteiger partial charge in [-0.2, -0.15) is 0 Å². The van der Waals surface area contributed by atoms with Crippen molar-refractivity contribution < 1.29 is 8.42 Å². The highest BCUT2D eigenvalue weighted by atomic mass is 32.2. The Hall–Kier alpha value is -4.22. The molecule has 0 atom stereocenters. The number of rotatable bonds is 6. The summed E-state index contributed by atoms with van der Waals surface area (Å²) in [5.74, 6) is 0.841. The van der Waals surface area contributed by atoms with Crippen LogP contribution in [0.5, 0.6) is 0 Å². The Morgan fingerprint density at radius 3 is 2.61 bits per heavy atom. The standard InChI is InChI=1S/C22H18N8O2S/c23-33(31,32)18-10-16(12-25-14-18)21-28-22(27-13-17-5-1-2-8-26-17)20-19(6-9-30(20)29-21)15-4-3-7-24-11-15/h1-12,14H,13H2,(H2,23,31,32)(H,27,28,29). The lowest BCUT2D eigenvalue weighted by Gasteiger charge is -2.11. The minimum atomic E-state index is -3.92. The Bertz CT molecular complexity index is 1540. The summed E-state index contributed by atoms with van der Waals surface area (Å²) in [7, 11) is -3.92. The minimum absolute atomic E-state index is 0.116. The van der Waals surface area contributed by atoms with Crippen LogP contribution in [0.15, 0.2) is 84.5 Å². The lowest BCUT2D eigenvalue weighted by atomic mass is 10.1. The molecule has 10 nitrogen and oxygen atoms in total. The number of nitrogens with one attached hydrogen (secondary N) is 1.